The van der Waals surface area contributed by atoms with E-state index < -0.39 is 5.60 Å². The molecule has 27 heavy (non-hydrogen) atoms. The van der Waals surface area contributed by atoms with Crippen LogP contribution in [0.5, 0.6) is 5.75 Å². The first-order valence-electron chi connectivity index (χ1n) is 9.15. The average Bonchev–Trinajstić information content (AvgIpc) is 3.25. The summed E-state index contributed by atoms with van der Waals surface area (Å²) in [5, 5.41) is 20.1. The first-order chi connectivity index (χ1) is 12.9. The predicted molar refractivity (Wildman–Crippen MR) is 107 cm³/mol. The Morgan fingerprint density at radius 1 is 1.11 bits per heavy atom. The van der Waals surface area contributed by atoms with Crippen LogP contribution in [0.15, 0.2) is 24.3 Å². The largest absolute Gasteiger partial charge is 0.497 e. The second kappa shape index (κ2) is 7.78. The van der Waals surface area contributed by atoms with E-state index in [0.29, 0.717) is 18.2 Å². The van der Waals surface area contributed by atoms with Crippen LogP contribution >= 0.6 is 11.3 Å². The van der Waals surface area contributed by atoms with Gasteiger partial charge in [-0.15, -0.1) is 21.5 Å². The van der Waals surface area contributed by atoms with Crippen LogP contribution in [0.25, 0.3) is 10.8 Å². The van der Waals surface area contributed by atoms with E-state index in [4.69, 9.17) is 9.72 Å². The van der Waals surface area contributed by atoms with Gasteiger partial charge >= 0.3 is 0 Å². The van der Waals surface area contributed by atoms with Gasteiger partial charge < -0.3 is 14.4 Å². The highest BCUT2D eigenvalue weighted by Gasteiger charge is 2.28. The molecule has 0 bridgehead atoms. The van der Waals surface area contributed by atoms with Gasteiger partial charge in [0.05, 0.1) is 19.3 Å². The number of aryl methyl sites for hydroxylation is 2. The van der Waals surface area contributed by atoms with Gasteiger partial charge in [0, 0.05) is 4.88 Å². The second-order valence-corrected chi connectivity index (χ2v) is 8.02. The third-order valence-electron chi connectivity index (χ3n) is 4.42. The Labute approximate surface area is 163 Å². The Balaban J connectivity index is 2.06. The number of methoxy groups -OCH3 is 1. The molecule has 0 spiro atoms. The maximum atomic E-state index is 10.6. The number of thiazole rings is 1. The lowest BCUT2D eigenvalue weighted by atomic mass is 10.1. The van der Waals surface area contributed by atoms with E-state index in [0.717, 1.165) is 34.9 Å². The molecular formula is C20H26N4O2S. The van der Waals surface area contributed by atoms with E-state index >= 15 is 0 Å². The summed E-state index contributed by atoms with van der Waals surface area (Å²) in [7, 11) is 1.65. The zero-order valence-electron chi connectivity index (χ0n) is 16.5. The van der Waals surface area contributed by atoms with Gasteiger partial charge in [0.15, 0.2) is 16.7 Å². The summed E-state index contributed by atoms with van der Waals surface area (Å²) in [6, 6.07) is 7.87. The smallest absolute Gasteiger partial charge is 0.193 e. The number of aromatic nitrogens is 4. The molecule has 0 aliphatic carbocycles. The fourth-order valence-corrected chi connectivity index (χ4v) is 4.09. The van der Waals surface area contributed by atoms with Crippen molar-refractivity contribution in [1.29, 1.82) is 0 Å². The molecular weight excluding hydrogens is 360 g/mol. The summed E-state index contributed by atoms with van der Waals surface area (Å²) in [5.41, 5.74) is 1.09. The average molecular weight is 387 g/mol. The molecule has 2 aromatic heterocycles. The zero-order valence-corrected chi connectivity index (χ0v) is 17.3. The van der Waals surface area contributed by atoms with Crippen molar-refractivity contribution in [3.05, 3.63) is 46.2 Å². The summed E-state index contributed by atoms with van der Waals surface area (Å²) >= 11 is 1.66. The molecule has 0 radical (unpaired) electrons. The number of hydrogen-bond donors (Lipinski definition) is 1. The van der Waals surface area contributed by atoms with Crippen LogP contribution in [-0.4, -0.2) is 32.0 Å². The molecule has 7 heteroatoms. The van der Waals surface area contributed by atoms with Crippen molar-refractivity contribution in [2.24, 2.45) is 0 Å². The van der Waals surface area contributed by atoms with Gasteiger partial charge in [-0.05, 0) is 44.4 Å². The van der Waals surface area contributed by atoms with E-state index in [-0.39, 0.29) is 0 Å². The van der Waals surface area contributed by atoms with Gasteiger partial charge in [0.25, 0.3) is 0 Å². The molecule has 0 unspecified atom stereocenters. The first-order valence-corrected chi connectivity index (χ1v) is 9.96. The lowest BCUT2D eigenvalue weighted by Crippen LogP contribution is -2.23. The Morgan fingerprint density at radius 3 is 2.33 bits per heavy atom. The van der Waals surface area contributed by atoms with Crippen LogP contribution in [0.4, 0.5) is 0 Å². The highest BCUT2D eigenvalue weighted by molar-refractivity contribution is 7.15. The summed E-state index contributed by atoms with van der Waals surface area (Å²) in [6.07, 6.45) is 1.84. The molecule has 1 N–H and O–H groups in total. The molecule has 1 aromatic carbocycles. The summed E-state index contributed by atoms with van der Waals surface area (Å²) in [6.45, 7) is 8.25. The molecule has 144 valence electrons. The molecule has 0 saturated heterocycles. The first kappa shape index (κ1) is 19.5. The van der Waals surface area contributed by atoms with Crippen molar-refractivity contribution in [3.63, 3.8) is 0 Å². The number of nitrogens with zero attached hydrogens (tertiary/aromatic N) is 4. The van der Waals surface area contributed by atoms with Gasteiger partial charge in [0.1, 0.15) is 11.4 Å². The highest BCUT2D eigenvalue weighted by atomic mass is 32.1. The Kier molecular flexibility index (Phi) is 5.62. The highest BCUT2D eigenvalue weighted by Crippen LogP contribution is 2.31. The number of hydrogen-bond acceptors (Lipinski definition) is 6. The molecule has 0 atom stereocenters. The van der Waals surface area contributed by atoms with Gasteiger partial charge in [-0.25, -0.2) is 4.98 Å². The second-order valence-electron chi connectivity index (χ2n) is 6.94. The molecule has 0 aliphatic heterocycles. The number of ether oxygens (including phenoxy) is 1. The van der Waals surface area contributed by atoms with E-state index in [1.807, 2.05) is 28.8 Å². The molecule has 0 aliphatic rings. The molecule has 6 nitrogen and oxygen atoms in total. The van der Waals surface area contributed by atoms with Crippen LogP contribution in [0.3, 0.4) is 0 Å². The topological polar surface area (TPSA) is 73.1 Å². The molecule has 0 fully saturated rings. The Morgan fingerprint density at radius 2 is 1.81 bits per heavy atom. The predicted octanol–water partition coefficient (Wildman–Crippen LogP) is 3.81. The van der Waals surface area contributed by atoms with Gasteiger partial charge in [-0.2, -0.15) is 0 Å². The summed E-state index contributed by atoms with van der Waals surface area (Å²) in [5.74, 6) is 2.03. The fourth-order valence-electron chi connectivity index (χ4n) is 3.01. The van der Waals surface area contributed by atoms with E-state index in [2.05, 4.69) is 24.0 Å². The van der Waals surface area contributed by atoms with Crippen molar-refractivity contribution < 1.29 is 9.84 Å². The molecule has 0 amide bonds. The van der Waals surface area contributed by atoms with Crippen molar-refractivity contribution >= 4 is 11.3 Å². The van der Waals surface area contributed by atoms with Crippen LogP contribution in [0.1, 0.15) is 49.7 Å². The third-order valence-corrected chi connectivity index (χ3v) is 5.66. The third kappa shape index (κ3) is 4.04. The van der Waals surface area contributed by atoms with Crippen LogP contribution in [-0.2, 0) is 25.0 Å². The monoisotopic (exact) mass is 386 g/mol. The fraction of sp³-hybridized carbons (Fsp3) is 0.450. The van der Waals surface area contributed by atoms with Crippen LogP contribution < -0.4 is 4.74 Å². The van der Waals surface area contributed by atoms with Gasteiger partial charge in [0.2, 0.25) is 0 Å². The molecule has 3 aromatic rings. The summed E-state index contributed by atoms with van der Waals surface area (Å²) in [4.78, 5) is 6.06. The van der Waals surface area contributed by atoms with Crippen molar-refractivity contribution in [1.82, 2.24) is 19.7 Å². The van der Waals surface area contributed by atoms with E-state index in [1.165, 1.54) is 4.88 Å². The number of rotatable bonds is 7. The maximum Gasteiger partial charge on any atom is 0.193 e. The number of aliphatic hydroxyl groups is 1. The zero-order chi connectivity index (χ0) is 19.6. The van der Waals surface area contributed by atoms with Crippen LogP contribution in [0.2, 0.25) is 0 Å². The standard InChI is InChI=1S/C20H26N4O2S/c1-6-15-16(7-2)27-18(21-15)17-22-23-19(20(3,4)25)24(17)12-13-8-10-14(26-5)11-9-13/h8-11,25H,6-7,12H2,1-5H3. The lowest BCUT2D eigenvalue weighted by Gasteiger charge is -2.18. The molecule has 3 rings (SSSR count). The summed E-state index contributed by atoms with van der Waals surface area (Å²) < 4.78 is 7.19. The minimum atomic E-state index is -1.10. The van der Waals surface area contributed by atoms with Gasteiger partial charge in [-0.3, -0.25) is 0 Å². The minimum absolute atomic E-state index is 0.527. The Bertz CT molecular complexity index is 886. The lowest BCUT2D eigenvalue weighted by molar-refractivity contribution is 0.0648. The Hall–Kier alpha value is -2.25. The quantitative estimate of drug-likeness (QED) is 0.668. The molecule has 0 saturated carbocycles. The normalized spacial score (nSPS) is 11.8. The molecule has 2 heterocycles. The van der Waals surface area contributed by atoms with Crippen molar-refractivity contribution in [2.45, 2.75) is 52.7 Å². The number of benzene rings is 1. The van der Waals surface area contributed by atoms with E-state index in [9.17, 15) is 5.11 Å². The maximum absolute atomic E-state index is 10.6. The van der Waals surface area contributed by atoms with E-state index in [1.54, 1.807) is 32.3 Å². The van der Waals surface area contributed by atoms with Crippen molar-refractivity contribution in [2.75, 3.05) is 7.11 Å². The van der Waals surface area contributed by atoms with Gasteiger partial charge in [-0.1, -0.05) is 26.0 Å². The van der Waals surface area contributed by atoms with Crippen molar-refractivity contribution in [3.8, 4) is 16.6 Å². The van der Waals surface area contributed by atoms with Crippen LogP contribution in [0, 0.1) is 0 Å². The minimum Gasteiger partial charge on any atom is -0.497 e. The SMILES string of the molecule is CCc1nc(-c2nnc(C(C)(C)O)n2Cc2ccc(OC)cc2)sc1CC.